The number of hydrogen-bond donors (Lipinski definition) is 2. The van der Waals surface area contributed by atoms with Crippen LogP contribution in [0.4, 0.5) is 18.9 Å². The number of amides is 2. The lowest BCUT2D eigenvalue weighted by Gasteiger charge is -2.09. The Hall–Kier alpha value is -2.32. The molecule has 0 bridgehead atoms. The van der Waals surface area contributed by atoms with Crippen molar-refractivity contribution in [1.82, 2.24) is 10.3 Å². The van der Waals surface area contributed by atoms with Crippen molar-refractivity contribution in [3.8, 4) is 5.88 Å². The van der Waals surface area contributed by atoms with Crippen molar-refractivity contribution in [2.75, 3.05) is 18.5 Å². The standard InChI is InChI=1S/C15H18F3N3O3/c16-15(17,18)9-24-13-6-5-11(8-20-13)21-12(22)2-1-7-19-14(23)10-3-4-10/h5-6,8,10H,1-4,7,9H2,(H,19,23)(H,21,22). The van der Waals surface area contributed by atoms with Crippen molar-refractivity contribution < 1.29 is 27.5 Å². The number of carbonyl (C=O) groups excluding carboxylic acids is 2. The molecule has 0 spiro atoms. The summed E-state index contributed by atoms with van der Waals surface area (Å²) in [7, 11) is 0. The molecule has 0 aromatic carbocycles. The van der Waals surface area contributed by atoms with Gasteiger partial charge in [0.25, 0.3) is 0 Å². The number of carbonyl (C=O) groups is 2. The molecule has 9 heteroatoms. The predicted molar refractivity (Wildman–Crippen MR) is 79.4 cm³/mol. The summed E-state index contributed by atoms with van der Waals surface area (Å²) in [6.07, 6.45) is -0.617. The predicted octanol–water partition coefficient (Wildman–Crippen LogP) is 2.27. The summed E-state index contributed by atoms with van der Waals surface area (Å²) in [5.41, 5.74) is 0.362. The summed E-state index contributed by atoms with van der Waals surface area (Å²) in [4.78, 5) is 26.8. The Morgan fingerprint density at radius 1 is 1.29 bits per heavy atom. The van der Waals surface area contributed by atoms with Gasteiger partial charge in [-0.2, -0.15) is 13.2 Å². The Balaban J connectivity index is 1.64. The Morgan fingerprint density at radius 2 is 2.04 bits per heavy atom. The van der Waals surface area contributed by atoms with Crippen molar-refractivity contribution in [2.45, 2.75) is 31.9 Å². The highest BCUT2D eigenvalue weighted by molar-refractivity contribution is 5.90. The van der Waals surface area contributed by atoms with Gasteiger partial charge >= 0.3 is 6.18 Å². The monoisotopic (exact) mass is 345 g/mol. The summed E-state index contributed by atoms with van der Waals surface area (Å²) in [6.45, 7) is -0.983. The smallest absolute Gasteiger partial charge is 0.422 e. The van der Waals surface area contributed by atoms with Gasteiger partial charge in [-0.25, -0.2) is 4.98 Å². The van der Waals surface area contributed by atoms with Gasteiger partial charge < -0.3 is 15.4 Å². The first kappa shape index (κ1) is 18.0. The van der Waals surface area contributed by atoms with E-state index in [9.17, 15) is 22.8 Å². The van der Waals surface area contributed by atoms with Crippen LogP contribution in [0, 0.1) is 5.92 Å². The molecule has 24 heavy (non-hydrogen) atoms. The minimum Gasteiger partial charge on any atom is -0.468 e. The number of nitrogens with zero attached hydrogens (tertiary/aromatic N) is 1. The van der Waals surface area contributed by atoms with Crippen LogP contribution in [-0.4, -0.2) is 36.1 Å². The van der Waals surface area contributed by atoms with E-state index in [0.29, 0.717) is 18.7 Å². The minimum atomic E-state index is -4.43. The highest BCUT2D eigenvalue weighted by atomic mass is 19.4. The number of rotatable bonds is 8. The molecule has 132 valence electrons. The third-order valence-electron chi connectivity index (χ3n) is 3.23. The van der Waals surface area contributed by atoms with Crippen LogP contribution < -0.4 is 15.4 Å². The molecule has 0 unspecified atom stereocenters. The van der Waals surface area contributed by atoms with E-state index >= 15 is 0 Å². The maximum absolute atomic E-state index is 12.0. The van der Waals surface area contributed by atoms with E-state index in [1.807, 2.05) is 0 Å². The second-order valence-corrected chi connectivity index (χ2v) is 5.51. The highest BCUT2D eigenvalue weighted by Crippen LogP contribution is 2.28. The van der Waals surface area contributed by atoms with Crippen LogP contribution in [0.2, 0.25) is 0 Å². The van der Waals surface area contributed by atoms with Crippen LogP contribution in [0.25, 0.3) is 0 Å². The van der Waals surface area contributed by atoms with Crippen LogP contribution in [0.1, 0.15) is 25.7 Å². The number of halogens is 3. The molecule has 0 radical (unpaired) electrons. The van der Waals surface area contributed by atoms with Crippen molar-refractivity contribution in [3.63, 3.8) is 0 Å². The fraction of sp³-hybridized carbons (Fsp3) is 0.533. The number of alkyl halides is 3. The van der Waals surface area contributed by atoms with E-state index in [-0.39, 0.29) is 30.0 Å². The van der Waals surface area contributed by atoms with Crippen LogP contribution >= 0.6 is 0 Å². The van der Waals surface area contributed by atoms with Gasteiger partial charge in [0.05, 0.1) is 11.9 Å². The van der Waals surface area contributed by atoms with Gasteiger partial charge in [0.2, 0.25) is 17.7 Å². The quantitative estimate of drug-likeness (QED) is 0.709. The van der Waals surface area contributed by atoms with Gasteiger partial charge in [-0.1, -0.05) is 0 Å². The van der Waals surface area contributed by atoms with Crippen LogP contribution in [0.3, 0.4) is 0 Å². The molecule has 1 aromatic heterocycles. The molecule has 1 saturated carbocycles. The summed E-state index contributed by atoms with van der Waals surface area (Å²) < 4.78 is 40.5. The number of nitrogens with one attached hydrogen (secondary N) is 2. The second kappa shape index (κ2) is 7.98. The van der Waals surface area contributed by atoms with E-state index in [0.717, 1.165) is 12.8 Å². The minimum absolute atomic E-state index is 0.0362. The fourth-order valence-corrected chi connectivity index (χ4v) is 1.87. The molecular weight excluding hydrogens is 327 g/mol. The lowest BCUT2D eigenvalue weighted by Crippen LogP contribution is -2.26. The summed E-state index contributed by atoms with van der Waals surface area (Å²) in [5.74, 6) is -0.258. The third kappa shape index (κ3) is 6.84. The lowest BCUT2D eigenvalue weighted by atomic mass is 10.2. The van der Waals surface area contributed by atoms with Gasteiger partial charge in [0.15, 0.2) is 6.61 Å². The average Bonchev–Trinajstić information content (AvgIpc) is 3.35. The molecule has 2 rings (SSSR count). The summed E-state index contributed by atoms with van der Waals surface area (Å²) in [6, 6.07) is 2.66. The maximum atomic E-state index is 12.0. The zero-order valence-corrected chi connectivity index (χ0v) is 12.9. The number of pyridine rings is 1. The van der Waals surface area contributed by atoms with E-state index in [2.05, 4.69) is 20.4 Å². The molecule has 6 nitrogen and oxygen atoms in total. The number of aromatic nitrogens is 1. The molecule has 0 aliphatic heterocycles. The SMILES string of the molecule is O=C(CCCNC(=O)C1CC1)Nc1ccc(OCC(F)(F)F)nc1. The Bertz CT molecular complexity index is 572. The molecule has 2 N–H and O–H groups in total. The van der Waals surface area contributed by atoms with E-state index < -0.39 is 12.8 Å². The van der Waals surface area contributed by atoms with Gasteiger partial charge in [-0.15, -0.1) is 0 Å². The molecule has 2 amide bonds. The van der Waals surface area contributed by atoms with E-state index in [1.165, 1.54) is 18.3 Å². The lowest BCUT2D eigenvalue weighted by molar-refractivity contribution is -0.154. The molecule has 1 aliphatic rings. The van der Waals surface area contributed by atoms with Crippen molar-refractivity contribution in [2.24, 2.45) is 5.92 Å². The van der Waals surface area contributed by atoms with E-state index in [1.54, 1.807) is 0 Å². The Kier molecular flexibility index (Phi) is 5.99. The molecule has 1 aromatic rings. The zero-order valence-electron chi connectivity index (χ0n) is 12.9. The molecule has 1 fully saturated rings. The molecule has 1 heterocycles. The largest absolute Gasteiger partial charge is 0.468 e. The Labute approximate surface area is 136 Å². The topological polar surface area (TPSA) is 80.3 Å². The molecule has 0 saturated heterocycles. The van der Waals surface area contributed by atoms with Crippen molar-refractivity contribution >= 4 is 17.5 Å². The van der Waals surface area contributed by atoms with Gasteiger partial charge in [-0.3, -0.25) is 9.59 Å². The normalized spacial score (nSPS) is 14.1. The number of anilines is 1. The van der Waals surface area contributed by atoms with Crippen LogP contribution in [0.5, 0.6) is 5.88 Å². The zero-order chi connectivity index (χ0) is 17.6. The third-order valence-corrected chi connectivity index (χ3v) is 3.23. The van der Waals surface area contributed by atoms with Gasteiger partial charge in [0, 0.05) is 24.9 Å². The molecular formula is C15H18F3N3O3. The molecule has 1 aliphatic carbocycles. The second-order valence-electron chi connectivity index (χ2n) is 5.51. The summed E-state index contributed by atoms with van der Waals surface area (Å²) in [5, 5.41) is 5.33. The maximum Gasteiger partial charge on any atom is 0.422 e. The van der Waals surface area contributed by atoms with Gasteiger partial charge in [-0.05, 0) is 25.3 Å². The summed E-state index contributed by atoms with van der Waals surface area (Å²) >= 11 is 0. The number of ether oxygens (including phenoxy) is 1. The molecule has 0 atom stereocenters. The fourth-order valence-electron chi connectivity index (χ4n) is 1.87. The van der Waals surface area contributed by atoms with E-state index in [4.69, 9.17) is 0 Å². The van der Waals surface area contributed by atoms with Crippen LogP contribution in [0.15, 0.2) is 18.3 Å². The van der Waals surface area contributed by atoms with Gasteiger partial charge in [0.1, 0.15) is 0 Å². The first-order chi connectivity index (χ1) is 11.3. The number of hydrogen-bond acceptors (Lipinski definition) is 4. The first-order valence-electron chi connectivity index (χ1n) is 7.56. The highest BCUT2D eigenvalue weighted by Gasteiger charge is 2.29. The first-order valence-corrected chi connectivity index (χ1v) is 7.56. The van der Waals surface area contributed by atoms with Crippen molar-refractivity contribution in [1.29, 1.82) is 0 Å². The Morgan fingerprint density at radius 3 is 2.62 bits per heavy atom. The average molecular weight is 345 g/mol. The van der Waals surface area contributed by atoms with Crippen LogP contribution in [-0.2, 0) is 9.59 Å². The van der Waals surface area contributed by atoms with Crippen molar-refractivity contribution in [3.05, 3.63) is 18.3 Å².